The molecule has 0 unspecified atom stereocenters. The molecule has 1 aromatic rings. The molecule has 0 aliphatic heterocycles. The molecule has 0 aliphatic carbocycles. The topological polar surface area (TPSA) is 69.7 Å². The summed E-state index contributed by atoms with van der Waals surface area (Å²) < 4.78 is 31.6. The molecule has 0 amide bonds. The Labute approximate surface area is 142 Å². The van der Waals surface area contributed by atoms with Gasteiger partial charge in [-0.3, -0.25) is 8.98 Å². The zero-order valence-electron chi connectivity index (χ0n) is 14.0. The van der Waals surface area contributed by atoms with Gasteiger partial charge in [0, 0.05) is 17.1 Å². The van der Waals surface area contributed by atoms with E-state index in [0.717, 1.165) is 28.0 Å². The summed E-state index contributed by atoms with van der Waals surface area (Å²) in [6.07, 6.45) is 2.44. The molecule has 0 saturated carbocycles. The van der Waals surface area contributed by atoms with E-state index < -0.39 is 10.1 Å². The average Bonchev–Trinajstić information content (AvgIpc) is 2.44. The largest absolute Gasteiger partial charge is 0.469 e. The first-order valence-electron chi connectivity index (χ1n) is 7.38. The van der Waals surface area contributed by atoms with E-state index in [4.69, 9.17) is 4.18 Å². The third kappa shape index (κ3) is 8.39. The minimum Gasteiger partial charge on any atom is -0.469 e. The number of carbonyl (C=O) groups is 1. The van der Waals surface area contributed by atoms with Crippen LogP contribution in [0.1, 0.15) is 30.9 Å². The molecule has 5 nitrogen and oxygen atoms in total. The third-order valence-electron chi connectivity index (χ3n) is 3.27. The summed E-state index contributed by atoms with van der Waals surface area (Å²) in [5.74, 6) is 0.570. The number of aryl methyl sites for hydroxylation is 2. The van der Waals surface area contributed by atoms with Gasteiger partial charge in [0.1, 0.15) is 0 Å². The van der Waals surface area contributed by atoms with E-state index in [1.807, 2.05) is 19.1 Å². The fourth-order valence-electron chi connectivity index (χ4n) is 2.07. The maximum absolute atomic E-state index is 11.2. The van der Waals surface area contributed by atoms with Crippen LogP contribution in [0.4, 0.5) is 0 Å². The van der Waals surface area contributed by atoms with Gasteiger partial charge in [-0.05, 0) is 49.9 Å². The van der Waals surface area contributed by atoms with Crippen LogP contribution in [0.15, 0.2) is 23.1 Å². The summed E-state index contributed by atoms with van der Waals surface area (Å²) in [6, 6.07) is 6.13. The molecule has 1 rings (SSSR count). The second-order valence-corrected chi connectivity index (χ2v) is 8.18. The van der Waals surface area contributed by atoms with E-state index in [-0.39, 0.29) is 12.1 Å². The number of thioether (sulfide) groups is 1. The Morgan fingerprint density at radius 2 is 2.04 bits per heavy atom. The molecule has 0 saturated heterocycles. The summed E-state index contributed by atoms with van der Waals surface area (Å²) in [5.41, 5.74) is 2.27. The van der Waals surface area contributed by atoms with Gasteiger partial charge in [-0.2, -0.15) is 8.42 Å². The molecular weight excluding hydrogens is 336 g/mol. The van der Waals surface area contributed by atoms with Gasteiger partial charge in [-0.25, -0.2) is 0 Å². The van der Waals surface area contributed by atoms with Crippen LogP contribution in [-0.2, 0) is 30.3 Å². The summed E-state index contributed by atoms with van der Waals surface area (Å²) in [4.78, 5) is 12.3. The van der Waals surface area contributed by atoms with Crippen molar-refractivity contribution in [1.29, 1.82) is 0 Å². The van der Waals surface area contributed by atoms with Gasteiger partial charge in [0.25, 0.3) is 10.1 Å². The van der Waals surface area contributed by atoms with Crippen molar-refractivity contribution in [3.63, 3.8) is 0 Å². The highest BCUT2D eigenvalue weighted by atomic mass is 32.2. The van der Waals surface area contributed by atoms with Crippen molar-refractivity contribution in [2.24, 2.45) is 0 Å². The number of hydrogen-bond acceptors (Lipinski definition) is 6. The van der Waals surface area contributed by atoms with E-state index in [1.165, 1.54) is 7.11 Å². The predicted octanol–water partition coefficient (Wildman–Crippen LogP) is 2.95. The quantitative estimate of drug-likeness (QED) is 0.383. The van der Waals surface area contributed by atoms with E-state index in [1.54, 1.807) is 18.7 Å². The van der Waals surface area contributed by atoms with Crippen molar-refractivity contribution in [2.45, 2.75) is 44.1 Å². The number of esters is 1. The molecule has 0 bridgehead atoms. The van der Waals surface area contributed by atoms with Crippen molar-refractivity contribution in [1.82, 2.24) is 0 Å². The van der Waals surface area contributed by atoms with Crippen LogP contribution in [-0.4, -0.2) is 39.6 Å². The zero-order chi connectivity index (χ0) is 17.5. The monoisotopic (exact) mass is 360 g/mol. The highest BCUT2D eigenvalue weighted by Gasteiger charge is 2.10. The van der Waals surface area contributed by atoms with Gasteiger partial charge < -0.3 is 4.74 Å². The molecule has 1 atom stereocenters. The fraction of sp³-hybridized carbons (Fsp3) is 0.562. The van der Waals surface area contributed by atoms with Crippen LogP contribution in [0.5, 0.6) is 0 Å². The van der Waals surface area contributed by atoms with Crippen molar-refractivity contribution in [3.05, 3.63) is 29.3 Å². The molecule has 1 aromatic carbocycles. The Hall–Kier alpha value is -1.05. The number of hydrogen-bond donors (Lipinski definition) is 0. The van der Waals surface area contributed by atoms with Gasteiger partial charge in [-0.1, -0.05) is 6.07 Å². The Balaban J connectivity index is 2.47. The lowest BCUT2D eigenvalue weighted by atomic mass is 10.0. The normalized spacial score (nSPS) is 12.9. The number of rotatable bonds is 9. The molecule has 0 fully saturated rings. The van der Waals surface area contributed by atoms with Crippen molar-refractivity contribution >= 4 is 27.8 Å². The average molecular weight is 360 g/mol. The lowest BCUT2D eigenvalue weighted by molar-refractivity contribution is -0.140. The Bertz CT molecular complexity index is 625. The Morgan fingerprint density at radius 3 is 2.61 bits per heavy atom. The fourth-order valence-corrected chi connectivity index (χ4v) is 3.87. The number of carbonyl (C=O) groups excluding carboxylic acids is 1. The van der Waals surface area contributed by atoms with Crippen molar-refractivity contribution < 1.29 is 22.1 Å². The van der Waals surface area contributed by atoms with Gasteiger partial charge in [0.15, 0.2) is 0 Å². The van der Waals surface area contributed by atoms with Gasteiger partial charge in [-0.15, -0.1) is 11.8 Å². The molecule has 0 spiro atoms. The summed E-state index contributed by atoms with van der Waals surface area (Å²) in [6.45, 7) is 3.77. The molecule has 0 N–H and O–H groups in total. The van der Waals surface area contributed by atoms with Crippen molar-refractivity contribution in [3.8, 4) is 0 Å². The van der Waals surface area contributed by atoms with Crippen LogP contribution in [0.3, 0.4) is 0 Å². The van der Waals surface area contributed by atoms with Crippen LogP contribution in [0, 0.1) is 6.92 Å². The molecule has 0 aliphatic rings. The molecule has 0 aromatic heterocycles. The van der Waals surface area contributed by atoms with Crippen LogP contribution >= 0.6 is 11.8 Å². The Kier molecular flexibility index (Phi) is 8.08. The minimum atomic E-state index is -3.39. The summed E-state index contributed by atoms with van der Waals surface area (Å²) >= 11 is 1.66. The molecule has 0 heterocycles. The number of ether oxygens (including phenoxy) is 1. The van der Waals surface area contributed by atoms with E-state index in [9.17, 15) is 13.2 Å². The molecular formula is C16H24O5S2. The maximum atomic E-state index is 11.2. The molecule has 23 heavy (non-hydrogen) atoms. The minimum absolute atomic E-state index is 0.206. The lowest BCUT2D eigenvalue weighted by Crippen LogP contribution is -2.14. The maximum Gasteiger partial charge on any atom is 0.305 e. The first kappa shape index (κ1) is 20.0. The Morgan fingerprint density at radius 1 is 1.35 bits per heavy atom. The van der Waals surface area contributed by atoms with Crippen molar-refractivity contribution in [2.75, 3.05) is 19.1 Å². The lowest BCUT2D eigenvalue weighted by Gasteiger charge is -2.11. The van der Waals surface area contributed by atoms with Crippen LogP contribution in [0.2, 0.25) is 0 Å². The highest BCUT2D eigenvalue weighted by Crippen LogP contribution is 2.23. The highest BCUT2D eigenvalue weighted by molar-refractivity contribution is 7.99. The second-order valence-electron chi connectivity index (χ2n) is 5.41. The van der Waals surface area contributed by atoms with Gasteiger partial charge in [0.2, 0.25) is 0 Å². The van der Waals surface area contributed by atoms with E-state index >= 15 is 0 Å². The third-order valence-corrected chi connectivity index (χ3v) is 4.98. The molecule has 0 radical (unpaired) electrons. The van der Waals surface area contributed by atoms with Gasteiger partial charge in [0.05, 0.1) is 19.5 Å². The second kappa shape index (κ2) is 9.30. The first-order chi connectivity index (χ1) is 10.7. The van der Waals surface area contributed by atoms with Crippen LogP contribution < -0.4 is 0 Å². The smallest absolute Gasteiger partial charge is 0.305 e. The standard InChI is InChI=1S/C16H24O5S2/c1-12-11-15(7-5-14(12)6-8-16(17)20-3)22-10-9-13(2)21-23(4,18)19/h5,7,11,13H,6,8-10H2,1-4H3/t13-/m0/s1. The SMILES string of the molecule is COC(=O)CCc1ccc(SCC[C@H](C)OS(C)(=O)=O)cc1C. The summed E-state index contributed by atoms with van der Waals surface area (Å²) in [7, 11) is -2.00. The number of methoxy groups -OCH3 is 1. The van der Waals surface area contributed by atoms with E-state index in [2.05, 4.69) is 10.8 Å². The number of benzene rings is 1. The predicted molar refractivity (Wildman–Crippen MR) is 92.2 cm³/mol. The molecule has 130 valence electrons. The van der Waals surface area contributed by atoms with Gasteiger partial charge >= 0.3 is 5.97 Å². The first-order valence-corrected chi connectivity index (χ1v) is 10.2. The molecule has 7 heteroatoms. The van der Waals surface area contributed by atoms with E-state index in [0.29, 0.717) is 19.3 Å². The zero-order valence-corrected chi connectivity index (χ0v) is 15.6. The summed E-state index contributed by atoms with van der Waals surface area (Å²) in [5, 5.41) is 0. The van der Waals surface area contributed by atoms with Crippen LogP contribution in [0.25, 0.3) is 0 Å².